The highest BCUT2D eigenvalue weighted by molar-refractivity contribution is 7.80. The van der Waals surface area contributed by atoms with E-state index in [1.54, 1.807) is 0 Å². The number of carboxylic acids is 1. The van der Waals surface area contributed by atoms with Crippen LogP contribution in [0.4, 0.5) is 0 Å². The summed E-state index contributed by atoms with van der Waals surface area (Å²) >= 11 is 4.06. The standard InChI is InChI=1S/C18H35NO3S/c20-17(19-15-16-23)13-11-9-7-5-3-1-2-4-6-8-10-12-14-18(21)22/h23H,1-16H2,(H,19,20)(H,21,22). The molecule has 0 radical (unpaired) electrons. The predicted molar refractivity (Wildman–Crippen MR) is 99.1 cm³/mol. The number of nitrogens with one attached hydrogen (secondary N) is 1. The smallest absolute Gasteiger partial charge is 0.303 e. The largest absolute Gasteiger partial charge is 0.481 e. The van der Waals surface area contributed by atoms with E-state index < -0.39 is 5.97 Å². The van der Waals surface area contributed by atoms with E-state index in [4.69, 9.17) is 5.11 Å². The third kappa shape index (κ3) is 19.2. The van der Waals surface area contributed by atoms with Gasteiger partial charge in [-0.05, 0) is 12.8 Å². The Hall–Kier alpha value is -0.710. The van der Waals surface area contributed by atoms with E-state index in [0.717, 1.165) is 25.7 Å². The van der Waals surface area contributed by atoms with Crippen LogP contribution in [0.3, 0.4) is 0 Å². The molecule has 0 saturated heterocycles. The third-order valence-electron chi connectivity index (χ3n) is 3.98. The molecule has 0 rings (SSSR count). The predicted octanol–water partition coefficient (Wildman–Crippen LogP) is 4.58. The van der Waals surface area contributed by atoms with Gasteiger partial charge in [-0.1, -0.05) is 64.2 Å². The number of hydrogen-bond acceptors (Lipinski definition) is 3. The van der Waals surface area contributed by atoms with Gasteiger partial charge in [0.1, 0.15) is 0 Å². The van der Waals surface area contributed by atoms with Gasteiger partial charge in [0, 0.05) is 25.1 Å². The first-order valence-corrected chi connectivity index (χ1v) is 9.89. The molecule has 136 valence electrons. The topological polar surface area (TPSA) is 66.4 Å². The fourth-order valence-electron chi connectivity index (χ4n) is 2.61. The summed E-state index contributed by atoms with van der Waals surface area (Å²) in [6.45, 7) is 0.668. The van der Waals surface area contributed by atoms with Gasteiger partial charge in [-0.25, -0.2) is 0 Å². The molecule has 0 aliphatic carbocycles. The van der Waals surface area contributed by atoms with Gasteiger partial charge in [-0.15, -0.1) is 0 Å². The Kier molecular flexibility index (Phi) is 17.1. The van der Waals surface area contributed by atoms with Crippen LogP contribution in [0.2, 0.25) is 0 Å². The van der Waals surface area contributed by atoms with Gasteiger partial charge in [0.15, 0.2) is 0 Å². The molecule has 0 fully saturated rings. The fourth-order valence-corrected chi connectivity index (χ4v) is 2.73. The minimum absolute atomic E-state index is 0.155. The lowest BCUT2D eigenvalue weighted by atomic mass is 10.0. The minimum Gasteiger partial charge on any atom is -0.481 e. The van der Waals surface area contributed by atoms with Crippen molar-refractivity contribution in [2.24, 2.45) is 0 Å². The van der Waals surface area contributed by atoms with Crippen molar-refractivity contribution in [3.8, 4) is 0 Å². The molecule has 0 aromatic rings. The first-order chi connectivity index (χ1) is 11.2. The SMILES string of the molecule is O=C(O)CCCCCCCCCCCCCCC(=O)NCCS. The number of rotatable bonds is 17. The molecular weight excluding hydrogens is 310 g/mol. The summed E-state index contributed by atoms with van der Waals surface area (Å²) in [5.74, 6) is 0.180. The van der Waals surface area contributed by atoms with Gasteiger partial charge in [0.25, 0.3) is 0 Å². The number of hydrogen-bond donors (Lipinski definition) is 3. The monoisotopic (exact) mass is 345 g/mol. The highest BCUT2D eigenvalue weighted by Gasteiger charge is 2.00. The zero-order valence-electron chi connectivity index (χ0n) is 14.5. The zero-order valence-corrected chi connectivity index (χ0v) is 15.4. The third-order valence-corrected chi connectivity index (χ3v) is 4.20. The average Bonchev–Trinajstić information content (AvgIpc) is 2.52. The van der Waals surface area contributed by atoms with E-state index in [1.165, 1.54) is 51.4 Å². The summed E-state index contributed by atoms with van der Waals surface area (Å²) in [5.41, 5.74) is 0. The van der Waals surface area contributed by atoms with Crippen molar-refractivity contribution in [3.63, 3.8) is 0 Å². The Morgan fingerprint density at radius 3 is 1.48 bits per heavy atom. The second-order valence-electron chi connectivity index (χ2n) is 6.21. The molecule has 0 aliphatic heterocycles. The molecule has 5 heteroatoms. The van der Waals surface area contributed by atoms with Crippen molar-refractivity contribution in [1.82, 2.24) is 5.32 Å². The van der Waals surface area contributed by atoms with Crippen LogP contribution in [0, 0.1) is 0 Å². The summed E-state index contributed by atoms with van der Waals surface area (Å²) in [6.07, 6.45) is 15.1. The molecule has 0 bridgehead atoms. The Bertz CT molecular complexity index is 298. The number of carbonyl (C=O) groups excluding carboxylic acids is 1. The zero-order chi connectivity index (χ0) is 17.2. The summed E-state index contributed by atoms with van der Waals surface area (Å²) in [6, 6.07) is 0. The number of aliphatic carboxylic acids is 1. The lowest BCUT2D eigenvalue weighted by Crippen LogP contribution is -2.24. The molecule has 0 aliphatic rings. The van der Waals surface area contributed by atoms with Gasteiger partial charge in [0.2, 0.25) is 5.91 Å². The van der Waals surface area contributed by atoms with Crippen LogP contribution in [0.1, 0.15) is 89.9 Å². The number of unbranched alkanes of at least 4 members (excludes halogenated alkanes) is 11. The maximum atomic E-state index is 11.4. The summed E-state index contributed by atoms with van der Waals surface area (Å²) in [7, 11) is 0. The van der Waals surface area contributed by atoms with Crippen LogP contribution >= 0.6 is 12.6 Å². The van der Waals surface area contributed by atoms with Crippen LogP contribution in [-0.2, 0) is 9.59 Å². The van der Waals surface area contributed by atoms with Crippen molar-refractivity contribution in [2.45, 2.75) is 89.9 Å². The molecule has 0 spiro atoms. The number of carbonyl (C=O) groups is 2. The average molecular weight is 346 g/mol. The second kappa shape index (κ2) is 17.6. The summed E-state index contributed by atoms with van der Waals surface area (Å²) in [4.78, 5) is 21.7. The Balaban J connectivity index is 3.08. The minimum atomic E-state index is -0.678. The second-order valence-corrected chi connectivity index (χ2v) is 6.66. The van der Waals surface area contributed by atoms with E-state index >= 15 is 0 Å². The van der Waals surface area contributed by atoms with Crippen molar-refractivity contribution in [3.05, 3.63) is 0 Å². The van der Waals surface area contributed by atoms with E-state index in [1.807, 2.05) is 0 Å². The van der Waals surface area contributed by atoms with Gasteiger partial charge < -0.3 is 10.4 Å². The van der Waals surface area contributed by atoms with Gasteiger partial charge >= 0.3 is 5.97 Å². The van der Waals surface area contributed by atoms with Crippen LogP contribution in [-0.4, -0.2) is 29.3 Å². The van der Waals surface area contributed by atoms with E-state index in [-0.39, 0.29) is 5.91 Å². The van der Waals surface area contributed by atoms with Crippen LogP contribution in [0.5, 0.6) is 0 Å². The van der Waals surface area contributed by atoms with Gasteiger partial charge in [-0.3, -0.25) is 9.59 Å². The Labute approximate surface area is 147 Å². The van der Waals surface area contributed by atoms with Crippen LogP contribution < -0.4 is 5.32 Å². The molecule has 0 unspecified atom stereocenters. The Morgan fingerprint density at radius 1 is 0.696 bits per heavy atom. The molecule has 0 heterocycles. The molecule has 0 aromatic carbocycles. The molecule has 0 saturated carbocycles. The maximum absolute atomic E-state index is 11.4. The highest BCUT2D eigenvalue weighted by atomic mass is 32.1. The molecule has 1 amide bonds. The summed E-state index contributed by atoms with van der Waals surface area (Å²) in [5, 5.41) is 11.4. The van der Waals surface area contributed by atoms with Crippen LogP contribution in [0.25, 0.3) is 0 Å². The van der Waals surface area contributed by atoms with Gasteiger partial charge in [0.05, 0.1) is 0 Å². The lowest BCUT2D eigenvalue weighted by Gasteiger charge is -2.04. The maximum Gasteiger partial charge on any atom is 0.303 e. The lowest BCUT2D eigenvalue weighted by molar-refractivity contribution is -0.137. The first-order valence-electron chi connectivity index (χ1n) is 9.26. The fraction of sp³-hybridized carbons (Fsp3) is 0.889. The Morgan fingerprint density at radius 2 is 1.09 bits per heavy atom. The molecule has 0 aromatic heterocycles. The molecule has 2 N–H and O–H groups in total. The van der Waals surface area contributed by atoms with Gasteiger partial charge in [-0.2, -0.15) is 12.6 Å². The number of carboxylic acid groups (broad SMARTS) is 1. The van der Waals surface area contributed by atoms with Crippen molar-refractivity contribution in [2.75, 3.05) is 12.3 Å². The molecule has 23 heavy (non-hydrogen) atoms. The normalized spacial score (nSPS) is 10.7. The van der Waals surface area contributed by atoms with E-state index in [0.29, 0.717) is 25.1 Å². The van der Waals surface area contributed by atoms with Crippen molar-refractivity contribution < 1.29 is 14.7 Å². The first kappa shape index (κ1) is 22.3. The molecule has 4 nitrogen and oxygen atoms in total. The van der Waals surface area contributed by atoms with Crippen molar-refractivity contribution in [1.29, 1.82) is 0 Å². The molecular formula is C18H35NO3S. The summed E-state index contributed by atoms with van der Waals surface area (Å²) < 4.78 is 0. The van der Waals surface area contributed by atoms with Crippen molar-refractivity contribution >= 4 is 24.5 Å². The van der Waals surface area contributed by atoms with Crippen LogP contribution in [0.15, 0.2) is 0 Å². The van der Waals surface area contributed by atoms with E-state index in [2.05, 4.69) is 17.9 Å². The quantitative estimate of drug-likeness (QED) is 0.267. The van der Waals surface area contributed by atoms with E-state index in [9.17, 15) is 9.59 Å². The highest BCUT2D eigenvalue weighted by Crippen LogP contribution is 2.12. The number of thiol groups is 1. The molecule has 0 atom stereocenters. The number of amides is 1.